The van der Waals surface area contributed by atoms with E-state index in [9.17, 15) is 13.2 Å². The Labute approximate surface area is 89.5 Å². The van der Waals surface area contributed by atoms with Crippen LogP contribution >= 0.6 is 11.3 Å². The van der Waals surface area contributed by atoms with Crippen LogP contribution in [0.5, 0.6) is 0 Å². The zero-order valence-electron chi connectivity index (χ0n) is 7.97. The van der Waals surface area contributed by atoms with E-state index in [0.29, 0.717) is 17.3 Å². The molecule has 1 N–H and O–H groups in total. The maximum atomic E-state index is 12.2. The number of rotatable bonds is 4. The van der Waals surface area contributed by atoms with Crippen LogP contribution in [0, 0.1) is 0 Å². The Morgan fingerprint density at radius 2 is 2.20 bits per heavy atom. The van der Waals surface area contributed by atoms with E-state index >= 15 is 0 Å². The second-order valence-electron chi connectivity index (χ2n) is 3.61. The van der Waals surface area contributed by atoms with E-state index in [2.05, 4.69) is 10.3 Å². The van der Waals surface area contributed by atoms with E-state index < -0.39 is 11.2 Å². The molecule has 1 aliphatic carbocycles. The third kappa shape index (κ3) is 3.17. The van der Waals surface area contributed by atoms with Gasteiger partial charge in [-0.05, 0) is 19.3 Å². The molecule has 0 saturated heterocycles. The summed E-state index contributed by atoms with van der Waals surface area (Å²) in [6, 6.07) is 0.597. The van der Waals surface area contributed by atoms with Crippen molar-refractivity contribution < 1.29 is 13.2 Å². The summed E-state index contributed by atoms with van der Waals surface area (Å²) in [6.45, 7) is 0.740. The average Bonchev–Trinajstić information content (AvgIpc) is 2.80. The first-order valence-corrected chi connectivity index (χ1v) is 5.62. The van der Waals surface area contributed by atoms with Gasteiger partial charge in [-0.25, -0.2) is 4.98 Å². The molecule has 0 amide bonds. The summed E-state index contributed by atoms with van der Waals surface area (Å²) in [7, 11) is 0. The third-order valence-electron chi connectivity index (χ3n) is 2.18. The van der Waals surface area contributed by atoms with Gasteiger partial charge in [0.2, 0.25) is 0 Å². The second-order valence-corrected chi connectivity index (χ2v) is 4.72. The Kier molecular flexibility index (Phi) is 2.97. The number of hydrogen-bond acceptors (Lipinski definition) is 3. The lowest BCUT2D eigenvalue weighted by atomic mass is 10.4. The van der Waals surface area contributed by atoms with Gasteiger partial charge in [-0.2, -0.15) is 13.2 Å². The number of hydrogen-bond donors (Lipinski definition) is 1. The summed E-state index contributed by atoms with van der Waals surface area (Å²) in [5.74, 6) is 0. The number of halogens is 3. The molecule has 0 aromatic carbocycles. The summed E-state index contributed by atoms with van der Waals surface area (Å²) in [4.78, 5) is 4.06. The van der Waals surface area contributed by atoms with E-state index in [4.69, 9.17) is 0 Å². The predicted octanol–water partition coefficient (Wildman–Crippen LogP) is 2.46. The lowest BCUT2D eigenvalue weighted by molar-refractivity contribution is -0.137. The van der Waals surface area contributed by atoms with Gasteiger partial charge in [0.15, 0.2) is 5.01 Å². The maximum Gasteiger partial charge on any atom is 0.443 e. The van der Waals surface area contributed by atoms with E-state index in [1.165, 1.54) is 19.0 Å². The van der Waals surface area contributed by atoms with Gasteiger partial charge in [-0.15, -0.1) is 11.3 Å². The van der Waals surface area contributed by atoms with Crippen LogP contribution in [-0.4, -0.2) is 17.6 Å². The fraction of sp³-hybridized carbons (Fsp3) is 0.667. The summed E-state index contributed by atoms with van der Waals surface area (Å²) < 4.78 is 36.6. The first kappa shape index (κ1) is 10.9. The number of alkyl halides is 3. The summed E-state index contributed by atoms with van der Waals surface area (Å²) in [5, 5.41) is 2.50. The molecule has 1 aromatic rings. The molecule has 0 bridgehead atoms. The molecule has 84 valence electrons. The Bertz CT molecular complexity index is 330. The van der Waals surface area contributed by atoms with Crippen molar-refractivity contribution in [2.24, 2.45) is 0 Å². The molecule has 15 heavy (non-hydrogen) atoms. The molecule has 0 aliphatic heterocycles. The zero-order valence-corrected chi connectivity index (χ0v) is 8.79. The van der Waals surface area contributed by atoms with Gasteiger partial charge in [0.1, 0.15) is 0 Å². The molecule has 1 aliphatic rings. The normalized spacial score (nSPS) is 17.0. The molecule has 6 heteroatoms. The highest BCUT2D eigenvalue weighted by molar-refractivity contribution is 7.11. The van der Waals surface area contributed by atoms with Gasteiger partial charge in [0.25, 0.3) is 0 Å². The van der Waals surface area contributed by atoms with Crippen molar-refractivity contribution >= 4 is 11.3 Å². The van der Waals surface area contributed by atoms with Crippen LogP contribution < -0.4 is 5.32 Å². The molecule has 1 fully saturated rings. The highest BCUT2D eigenvalue weighted by Crippen LogP contribution is 2.32. The lowest BCUT2D eigenvalue weighted by Crippen LogP contribution is -2.18. The van der Waals surface area contributed by atoms with Crippen molar-refractivity contribution in [3.05, 3.63) is 16.1 Å². The topological polar surface area (TPSA) is 24.9 Å². The van der Waals surface area contributed by atoms with Crippen LogP contribution in [0.3, 0.4) is 0 Å². The summed E-state index contributed by atoms with van der Waals surface area (Å²) >= 11 is 0.736. The van der Waals surface area contributed by atoms with Crippen LogP contribution in [0.15, 0.2) is 6.20 Å². The minimum Gasteiger partial charge on any atom is -0.314 e. The fourth-order valence-corrected chi connectivity index (χ4v) is 2.02. The molecule has 1 aromatic heterocycles. The quantitative estimate of drug-likeness (QED) is 0.868. The number of nitrogens with one attached hydrogen (secondary N) is 1. The van der Waals surface area contributed by atoms with Gasteiger partial charge >= 0.3 is 6.18 Å². The maximum absolute atomic E-state index is 12.2. The van der Waals surface area contributed by atoms with Crippen molar-refractivity contribution in [1.29, 1.82) is 0 Å². The standard InChI is InChI=1S/C9H11F3N2S/c10-9(11,12)8-14-5-7(15-8)3-4-13-6-1-2-6/h5-6,13H,1-4H2. The first-order valence-electron chi connectivity index (χ1n) is 4.81. The van der Waals surface area contributed by atoms with Crippen LogP contribution in [0.1, 0.15) is 22.7 Å². The minimum atomic E-state index is -4.30. The smallest absolute Gasteiger partial charge is 0.314 e. The molecule has 1 saturated carbocycles. The molecular formula is C9H11F3N2S. The van der Waals surface area contributed by atoms with Crippen molar-refractivity contribution in [1.82, 2.24) is 10.3 Å². The van der Waals surface area contributed by atoms with Crippen molar-refractivity contribution in [3.8, 4) is 0 Å². The van der Waals surface area contributed by atoms with E-state index in [1.54, 1.807) is 0 Å². The highest BCUT2D eigenvalue weighted by atomic mass is 32.1. The van der Waals surface area contributed by atoms with Crippen LogP contribution in [0.4, 0.5) is 13.2 Å². The molecule has 2 nitrogen and oxygen atoms in total. The van der Waals surface area contributed by atoms with E-state index in [-0.39, 0.29) is 0 Å². The Morgan fingerprint density at radius 1 is 1.47 bits per heavy atom. The number of thiazole rings is 1. The molecule has 0 atom stereocenters. The summed E-state index contributed by atoms with van der Waals surface area (Å²) in [6.07, 6.45) is 0.0339. The van der Waals surface area contributed by atoms with Crippen LogP contribution in [0.2, 0.25) is 0 Å². The molecule has 2 rings (SSSR count). The third-order valence-corrected chi connectivity index (χ3v) is 3.28. The van der Waals surface area contributed by atoms with Gasteiger partial charge in [-0.3, -0.25) is 0 Å². The number of nitrogens with zero attached hydrogens (tertiary/aromatic N) is 1. The molecule has 0 radical (unpaired) electrons. The van der Waals surface area contributed by atoms with Gasteiger partial charge < -0.3 is 5.32 Å². The van der Waals surface area contributed by atoms with Crippen LogP contribution in [0.25, 0.3) is 0 Å². The molecule has 0 spiro atoms. The Balaban J connectivity index is 1.83. The first-order chi connectivity index (χ1) is 7.05. The largest absolute Gasteiger partial charge is 0.443 e. The zero-order chi connectivity index (χ0) is 10.9. The Morgan fingerprint density at radius 3 is 2.73 bits per heavy atom. The van der Waals surface area contributed by atoms with E-state index in [1.807, 2.05) is 0 Å². The van der Waals surface area contributed by atoms with E-state index in [0.717, 1.165) is 17.9 Å². The molecule has 0 unspecified atom stereocenters. The van der Waals surface area contributed by atoms with Gasteiger partial charge in [0.05, 0.1) is 0 Å². The lowest BCUT2D eigenvalue weighted by Gasteiger charge is -2.00. The number of aromatic nitrogens is 1. The Hall–Kier alpha value is -0.620. The predicted molar refractivity (Wildman–Crippen MR) is 51.8 cm³/mol. The van der Waals surface area contributed by atoms with Crippen molar-refractivity contribution in [2.75, 3.05) is 6.54 Å². The molecular weight excluding hydrogens is 225 g/mol. The second kappa shape index (κ2) is 4.09. The highest BCUT2D eigenvalue weighted by Gasteiger charge is 2.34. The molecule has 1 heterocycles. The summed E-state index contributed by atoms with van der Waals surface area (Å²) in [5.41, 5.74) is 0. The average molecular weight is 236 g/mol. The van der Waals surface area contributed by atoms with Crippen LogP contribution in [-0.2, 0) is 12.6 Å². The van der Waals surface area contributed by atoms with Gasteiger partial charge in [-0.1, -0.05) is 0 Å². The van der Waals surface area contributed by atoms with Crippen molar-refractivity contribution in [3.63, 3.8) is 0 Å². The fourth-order valence-electron chi connectivity index (χ4n) is 1.24. The van der Waals surface area contributed by atoms with Gasteiger partial charge in [0, 0.05) is 23.7 Å². The monoisotopic (exact) mass is 236 g/mol. The minimum absolute atomic E-state index is 0.597. The SMILES string of the molecule is FC(F)(F)c1ncc(CCNC2CC2)s1. The van der Waals surface area contributed by atoms with Crippen molar-refractivity contribution in [2.45, 2.75) is 31.5 Å².